The van der Waals surface area contributed by atoms with Crippen LogP contribution in [0, 0.1) is 5.92 Å². The van der Waals surface area contributed by atoms with Gasteiger partial charge in [-0.15, -0.1) is 0 Å². The SMILES string of the molecule is CNC(C)c1noc(CC2CCOC2)n1. The Morgan fingerprint density at radius 2 is 2.47 bits per heavy atom. The molecule has 1 aromatic rings. The third-order valence-corrected chi connectivity index (χ3v) is 2.79. The minimum absolute atomic E-state index is 0.141. The van der Waals surface area contributed by atoms with Crippen LogP contribution < -0.4 is 5.32 Å². The Hall–Kier alpha value is -0.940. The van der Waals surface area contributed by atoms with E-state index in [1.807, 2.05) is 14.0 Å². The number of nitrogens with one attached hydrogen (secondary N) is 1. The molecule has 15 heavy (non-hydrogen) atoms. The van der Waals surface area contributed by atoms with Gasteiger partial charge in [0.25, 0.3) is 0 Å². The molecular weight excluding hydrogens is 194 g/mol. The third-order valence-electron chi connectivity index (χ3n) is 2.79. The molecule has 1 fully saturated rings. The number of hydrogen-bond donors (Lipinski definition) is 1. The average molecular weight is 211 g/mol. The lowest BCUT2D eigenvalue weighted by atomic mass is 10.1. The number of hydrogen-bond acceptors (Lipinski definition) is 5. The second kappa shape index (κ2) is 4.72. The quantitative estimate of drug-likeness (QED) is 0.802. The summed E-state index contributed by atoms with van der Waals surface area (Å²) in [5.74, 6) is 2.00. The van der Waals surface area contributed by atoms with E-state index in [9.17, 15) is 0 Å². The van der Waals surface area contributed by atoms with E-state index in [1.54, 1.807) is 0 Å². The zero-order valence-corrected chi connectivity index (χ0v) is 9.19. The van der Waals surface area contributed by atoms with Crippen molar-refractivity contribution >= 4 is 0 Å². The van der Waals surface area contributed by atoms with Crippen LogP contribution in [0.3, 0.4) is 0 Å². The van der Waals surface area contributed by atoms with Crippen LogP contribution in [0.4, 0.5) is 0 Å². The van der Waals surface area contributed by atoms with Gasteiger partial charge in [0, 0.05) is 19.6 Å². The predicted octanol–water partition coefficient (Wildman–Crippen LogP) is 0.929. The third kappa shape index (κ3) is 2.54. The second-order valence-electron chi connectivity index (χ2n) is 3.99. The summed E-state index contributed by atoms with van der Waals surface area (Å²) in [6, 6.07) is 0.141. The fourth-order valence-electron chi connectivity index (χ4n) is 1.65. The van der Waals surface area contributed by atoms with Gasteiger partial charge < -0.3 is 14.6 Å². The van der Waals surface area contributed by atoms with E-state index >= 15 is 0 Å². The molecule has 1 aliphatic rings. The topological polar surface area (TPSA) is 60.2 Å². The monoisotopic (exact) mass is 211 g/mol. The van der Waals surface area contributed by atoms with E-state index in [1.165, 1.54) is 0 Å². The summed E-state index contributed by atoms with van der Waals surface area (Å²) in [4.78, 5) is 4.35. The van der Waals surface area contributed by atoms with Gasteiger partial charge in [-0.25, -0.2) is 0 Å². The largest absolute Gasteiger partial charge is 0.381 e. The summed E-state index contributed by atoms with van der Waals surface area (Å²) in [5.41, 5.74) is 0. The molecule has 1 N–H and O–H groups in total. The van der Waals surface area contributed by atoms with E-state index < -0.39 is 0 Å². The van der Waals surface area contributed by atoms with E-state index in [0.717, 1.165) is 37.8 Å². The van der Waals surface area contributed by atoms with Crippen molar-refractivity contribution in [2.75, 3.05) is 20.3 Å². The Bertz CT molecular complexity index is 307. The first kappa shape index (κ1) is 10.6. The highest BCUT2D eigenvalue weighted by Crippen LogP contribution is 2.18. The fraction of sp³-hybridized carbons (Fsp3) is 0.800. The normalized spacial score (nSPS) is 23.2. The molecule has 0 amide bonds. The summed E-state index contributed by atoms with van der Waals surface area (Å²) in [5, 5.41) is 7.02. The molecule has 0 radical (unpaired) electrons. The number of aromatic nitrogens is 2. The molecular formula is C10H17N3O2. The molecule has 1 aromatic heterocycles. The van der Waals surface area contributed by atoms with E-state index in [4.69, 9.17) is 9.26 Å². The average Bonchev–Trinajstić information content (AvgIpc) is 2.88. The Morgan fingerprint density at radius 3 is 3.13 bits per heavy atom. The van der Waals surface area contributed by atoms with Crippen molar-refractivity contribution < 1.29 is 9.26 Å². The molecule has 0 bridgehead atoms. The molecule has 0 saturated carbocycles. The Labute approximate surface area is 89.2 Å². The van der Waals surface area contributed by atoms with Crippen molar-refractivity contribution in [3.05, 3.63) is 11.7 Å². The van der Waals surface area contributed by atoms with Crippen LogP contribution >= 0.6 is 0 Å². The summed E-state index contributed by atoms with van der Waals surface area (Å²) in [7, 11) is 1.88. The van der Waals surface area contributed by atoms with Gasteiger partial charge in [-0.3, -0.25) is 0 Å². The lowest BCUT2D eigenvalue weighted by Gasteiger charge is -2.02. The van der Waals surface area contributed by atoms with Crippen molar-refractivity contribution in [3.63, 3.8) is 0 Å². The molecule has 2 rings (SSSR count). The van der Waals surface area contributed by atoms with Crippen LogP contribution in [0.25, 0.3) is 0 Å². The lowest BCUT2D eigenvalue weighted by Crippen LogP contribution is -2.14. The molecule has 5 nitrogen and oxygen atoms in total. The highest BCUT2D eigenvalue weighted by molar-refractivity contribution is 4.93. The van der Waals surface area contributed by atoms with Crippen LogP contribution in [0.5, 0.6) is 0 Å². The van der Waals surface area contributed by atoms with Gasteiger partial charge >= 0.3 is 0 Å². The molecule has 0 aliphatic carbocycles. The van der Waals surface area contributed by atoms with Crippen molar-refractivity contribution in [3.8, 4) is 0 Å². The highest BCUT2D eigenvalue weighted by Gasteiger charge is 2.20. The van der Waals surface area contributed by atoms with Crippen LogP contribution in [0.2, 0.25) is 0 Å². The molecule has 0 spiro atoms. The van der Waals surface area contributed by atoms with Gasteiger partial charge in [0.15, 0.2) is 5.82 Å². The summed E-state index contributed by atoms with van der Waals surface area (Å²) >= 11 is 0. The maximum Gasteiger partial charge on any atom is 0.227 e. The second-order valence-corrected chi connectivity index (χ2v) is 3.99. The molecule has 5 heteroatoms. The smallest absolute Gasteiger partial charge is 0.227 e. The fourth-order valence-corrected chi connectivity index (χ4v) is 1.65. The first-order valence-corrected chi connectivity index (χ1v) is 5.37. The van der Waals surface area contributed by atoms with E-state index in [-0.39, 0.29) is 6.04 Å². The molecule has 1 aliphatic heterocycles. The molecule has 84 valence electrons. The van der Waals surface area contributed by atoms with Gasteiger partial charge in [-0.2, -0.15) is 4.98 Å². The summed E-state index contributed by atoms with van der Waals surface area (Å²) in [6.45, 7) is 3.69. The molecule has 2 atom stereocenters. The van der Waals surface area contributed by atoms with Crippen LogP contribution in [-0.2, 0) is 11.2 Å². The van der Waals surface area contributed by atoms with Gasteiger partial charge in [-0.1, -0.05) is 5.16 Å². The maximum absolute atomic E-state index is 5.30. The van der Waals surface area contributed by atoms with Crippen LogP contribution in [0.1, 0.15) is 31.1 Å². The highest BCUT2D eigenvalue weighted by atomic mass is 16.5. The van der Waals surface area contributed by atoms with Gasteiger partial charge in [-0.05, 0) is 26.3 Å². The number of nitrogens with zero attached hydrogens (tertiary/aromatic N) is 2. The minimum atomic E-state index is 0.141. The van der Waals surface area contributed by atoms with Crippen molar-refractivity contribution in [1.29, 1.82) is 0 Å². The number of ether oxygens (including phenoxy) is 1. The van der Waals surface area contributed by atoms with Crippen molar-refractivity contribution in [1.82, 2.24) is 15.5 Å². The zero-order chi connectivity index (χ0) is 10.7. The van der Waals surface area contributed by atoms with Crippen molar-refractivity contribution in [2.45, 2.75) is 25.8 Å². The van der Waals surface area contributed by atoms with Gasteiger partial charge in [0.1, 0.15) is 0 Å². The Kier molecular flexibility index (Phi) is 3.33. The first-order valence-electron chi connectivity index (χ1n) is 5.37. The van der Waals surface area contributed by atoms with Gasteiger partial charge in [0.2, 0.25) is 5.89 Å². The summed E-state index contributed by atoms with van der Waals surface area (Å²) in [6.07, 6.45) is 1.93. The van der Waals surface area contributed by atoms with Gasteiger partial charge in [0.05, 0.1) is 6.04 Å². The van der Waals surface area contributed by atoms with E-state index in [0.29, 0.717) is 5.92 Å². The van der Waals surface area contributed by atoms with E-state index in [2.05, 4.69) is 15.5 Å². The lowest BCUT2D eigenvalue weighted by molar-refractivity contribution is 0.183. The molecule has 2 heterocycles. The Balaban J connectivity index is 1.94. The Morgan fingerprint density at radius 1 is 1.60 bits per heavy atom. The maximum atomic E-state index is 5.30. The zero-order valence-electron chi connectivity index (χ0n) is 9.19. The van der Waals surface area contributed by atoms with Crippen LogP contribution in [-0.4, -0.2) is 30.4 Å². The van der Waals surface area contributed by atoms with Crippen LogP contribution in [0.15, 0.2) is 4.52 Å². The number of rotatable bonds is 4. The van der Waals surface area contributed by atoms with Crippen molar-refractivity contribution in [2.24, 2.45) is 5.92 Å². The molecule has 2 unspecified atom stereocenters. The minimum Gasteiger partial charge on any atom is -0.381 e. The molecule has 1 saturated heterocycles. The standard InChI is InChI=1S/C10H17N3O2/c1-7(11-2)10-12-9(15-13-10)5-8-3-4-14-6-8/h7-8,11H,3-6H2,1-2H3. The molecule has 0 aromatic carbocycles. The predicted molar refractivity (Wildman–Crippen MR) is 54.4 cm³/mol. The summed E-state index contributed by atoms with van der Waals surface area (Å²) < 4.78 is 10.5. The first-order chi connectivity index (χ1) is 7.29.